The molecule has 0 atom stereocenters. The van der Waals surface area contributed by atoms with Gasteiger partial charge in [0.25, 0.3) is 0 Å². The largest absolute Gasteiger partial charge is 0.376 e. The summed E-state index contributed by atoms with van der Waals surface area (Å²) in [6, 6.07) is 0. The van der Waals surface area contributed by atoms with Crippen molar-refractivity contribution in [2.24, 2.45) is 4.99 Å². The Hall–Kier alpha value is -0.570. The first-order valence-corrected chi connectivity index (χ1v) is 7.34. The molecule has 3 nitrogen and oxygen atoms in total. The van der Waals surface area contributed by atoms with Crippen molar-refractivity contribution in [1.82, 2.24) is 5.32 Å². The van der Waals surface area contributed by atoms with Crippen LogP contribution in [-0.4, -0.2) is 31.6 Å². The van der Waals surface area contributed by atoms with Gasteiger partial charge >= 0.3 is 0 Å². The van der Waals surface area contributed by atoms with Crippen LogP contribution in [0.2, 0.25) is 0 Å². The van der Waals surface area contributed by atoms with Gasteiger partial charge in [-0.3, -0.25) is 4.99 Å². The van der Waals surface area contributed by atoms with Crippen LogP contribution in [0, 0.1) is 0 Å². The van der Waals surface area contributed by atoms with E-state index in [-0.39, 0.29) is 0 Å². The molecule has 1 N–H and O–H groups in total. The Kier molecular flexibility index (Phi) is 5.83. The zero-order chi connectivity index (χ0) is 11.8. The van der Waals surface area contributed by atoms with Crippen LogP contribution < -0.4 is 5.32 Å². The monoisotopic (exact) mass is 238 g/mol. The maximum Gasteiger partial charge on any atom is 0.0963 e. The van der Waals surface area contributed by atoms with Crippen molar-refractivity contribution in [2.75, 3.05) is 19.7 Å². The van der Waals surface area contributed by atoms with Crippen molar-refractivity contribution < 1.29 is 4.74 Å². The van der Waals surface area contributed by atoms with E-state index < -0.39 is 0 Å². The van der Waals surface area contributed by atoms with E-state index >= 15 is 0 Å². The van der Waals surface area contributed by atoms with E-state index in [0.29, 0.717) is 6.10 Å². The van der Waals surface area contributed by atoms with Crippen LogP contribution in [0.3, 0.4) is 0 Å². The highest BCUT2D eigenvalue weighted by molar-refractivity contribution is 5.82. The first-order chi connectivity index (χ1) is 8.45. The van der Waals surface area contributed by atoms with Gasteiger partial charge in [-0.25, -0.2) is 0 Å². The Labute approximate surface area is 105 Å². The molecule has 3 heteroatoms. The molecule has 0 amide bonds. The predicted octanol–water partition coefficient (Wildman–Crippen LogP) is 2.90. The predicted molar refractivity (Wildman–Crippen MR) is 71.6 cm³/mol. The minimum absolute atomic E-state index is 0.529. The maximum atomic E-state index is 5.89. The van der Waals surface area contributed by atoms with Crippen LogP contribution in [-0.2, 0) is 4.74 Å². The third-order valence-electron chi connectivity index (χ3n) is 3.71. The van der Waals surface area contributed by atoms with Crippen LogP contribution in [0.4, 0.5) is 0 Å². The second-order valence-electron chi connectivity index (χ2n) is 5.20. The van der Waals surface area contributed by atoms with Gasteiger partial charge in [-0.15, -0.1) is 0 Å². The lowest BCUT2D eigenvalue weighted by Gasteiger charge is -2.22. The van der Waals surface area contributed by atoms with E-state index in [1.165, 1.54) is 57.2 Å². The molecule has 1 aliphatic heterocycles. The van der Waals surface area contributed by atoms with E-state index in [1.54, 1.807) is 0 Å². The SMILES string of the molecule is C1CCN=C(NCCOC2CCCCC2)CC1. The van der Waals surface area contributed by atoms with Crippen molar-refractivity contribution in [2.45, 2.75) is 63.9 Å². The molecule has 2 rings (SSSR count). The molecular formula is C14H26N2O. The summed E-state index contributed by atoms with van der Waals surface area (Å²) in [5.74, 6) is 1.20. The second-order valence-corrected chi connectivity index (χ2v) is 5.20. The molecule has 0 spiro atoms. The summed E-state index contributed by atoms with van der Waals surface area (Å²) in [5.41, 5.74) is 0. The molecule has 1 aliphatic carbocycles. The number of hydrogen-bond acceptors (Lipinski definition) is 3. The molecule has 0 bridgehead atoms. The molecule has 1 heterocycles. The molecule has 1 fully saturated rings. The number of ether oxygens (including phenoxy) is 1. The number of nitrogens with one attached hydrogen (secondary N) is 1. The minimum Gasteiger partial charge on any atom is -0.376 e. The molecule has 17 heavy (non-hydrogen) atoms. The van der Waals surface area contributed by atoms with Crippen molar-refractivity contribution in [3.05, 3.63) is 0 Å². The van der Waals surface area contributed by atoms with Crippen LogP contribution in [0.1, 0.15) is 57.8 Å². The topological polar surface area (TPSA) is 33.6 Å². The maximum absolute atomic E-state index is 5.89. The molecule has 0 radical (unpaired) electrons. The number of hydrogen-bond donors (Lipinski definition) is 1. The lowest BCUT2D eigenvalue weighted by Crippen LogP contribution is -2.29. The van der Waals surface area contributed by atoms with Crippen molar-refractivity contribution >= 4 is 5.84 Å². The fourth-order valence-corrected chi connectivity index (χ4v) is 2.67. The fourth-order valence-electron chi connectivity index (χ4n) is 2.67. The number of nitrogens with zero attached hydrogens (tertiary/aromatic N) is 1. The first kappa shape index (κ1) is 12.9. The van der Waals surface area contributed by atoms with E-state index in [2.05, 4.69) is 10.3 Å². The minimum atomic E-state index is 0.529. The Morgan fingerprint density at radius 3 is 2.76 bits per heavy atom. The molecule has 0 aromatic rings. The van der Waals surface area contributed by atoms with Crippen molar-refractivity contribution in [1.29, 1.82) is 0 Å². The second kappa shape index (κ2) is 7.70. The average Bonchev–Trinajstić information content (AvgIpc) is 2.65. The van der Waals surface area contributed by atoms with Crippen molar-refractivity contribution in [3.63, 3.8) is 0 Å². The number of aliphatic imine (C=N–C) groups is 1. The lowest BCUT2D eigenvalue weighted by molar-refractivity contribution is 0.0318. The molecule has 0 unspecified atom stereocenters. The van der Waals surface area contributed by atoms with Crippen LogP contribution >= 0.6 is 0 Å². The van der Waals surface area contributed by atoms with Crippen molar-refractivity contribution in [3.8, 4) is 0 Å². The standard InChI is InChI=1S/C14H26N2O/c1-3-7-13(8-4-1)17-12-11-16-14-9-5-2-6-10-15-14/h13H,1-12H2,(H,15,16). The highest BCUT2D eigenvalue weighted by Crippen LogP contribution is 2.19. The van der Waals surface area contributed by atoms with Gasteiger partial charge in [0.2, 0.25) is 0 Å². The molecule has 0 saturated heterocycles. The lowest BCUT2D eigenvalue weighted by atomic mass is 9.98. The number of rotatable bonds is 4. The van der Waals surface area contributed by atoms with Crippen LogP contribution in [0.15, 0.2) is 4.99 Å². The van der Waals surface area contributed by atoms with Gasteiger partial charge in [-0.1, -0.05) is 25.7 Å². The van der Waals surface area contributed by atoms with Crippen LogP contribution in [0.5, 0.6) is 0 Å². The molecule has 0 aromatic heterocycles. The third kappa shape index (κ3) is 5.07. The van der Waals surface area contributed by atoms with Gasteiger partial charge in [-0.2, -0.15) is 0 Å². The smallest absolute Gasteiger partial charge is 0.0963 e. The van der Waals surface area contributed by atoms with E-state index in [9.17, 15) is 0 Å². The summed E-state index contributed by atoms with van der Waals surface area (Å²) in [4.78, 5) is 4.56. The van der Waals surface area contributed by atoms with Crippen LogP contribution in [0.25, 0.3) is 0 Å². The molecule has 1 saturated carbocycles. The fraction of sp³-hybridized carbons (Fsp3) is 0.929. The third-order valence-corrected chi connectivity index (χ3v) is 3.71. The molecular weight excluding hydrogens is 212 g/mol. The summed E-state index contributed by atoms with van der Waals surface area (Å²) in [7, 11) is 0. The molecule has 2 aliphatic rings. The Morgan fingerprint density at radius 1 is 1.06 bits per heavy atom. The van der Waals surface area contributed by atoms with E-state index in [1.807, 2.05) is 0 Å². The average molecular weight is 238 g/mol. The first-order valence-electron chi connectivity index (χ1n) is 7.34. The summed E-state index contributed by atoms with van der Waals surface area (Å²) < 4.78 is 5.89. The summed E-state index contributed by atoms with van der Waals surface area (Å²) in [6.45, 7) is 2.77. The van der Waals surface area contributed by atoms with E-state index in [0.717, 1.165) is 26.1 Å². The highest BCUT2D eigenvalue weighted by atomic mass is 16.5. The molecule has 98 valence electrons. The van der Waals surface area contributed by atoms with Gasteiger partial charge in [-0.05, 0) is 25.7 Å². The number of amidine groups is 1. The van der Waals surface area contributed by atoms with E-state index in [4.69, 9.17) is 4.74 Å². The summed E-state index contributed by atoms with van der Waals surface area (Å²) >= 11 is 0. The Morgan fingerprint density at radius 2 is 1.88 bits per heavy atom. The summed E-state index contributed by atoms with van der Waals surface area (Å²) in [6.07, 6.45) is 12.2. The molecule has 0 aromatic carbocycles. The Balaban J connectivity index is 1.54. The Bertz CT molecular complexity index is 234. The zero-order valence-electron chi connectivity index (χ0n) is 10.9. The van der Waals surface area contributed by atoms with Gasteiger partial charge in [0.05, 0.1) is 18.5 Å². The van der Waals surface area contributed by atoms with Gasteiger partial charge in [0, 0.05) is 19.5 Å². The summed E-state index contributed by atoms with van der Waals surface area (Å²) in [5, 5.41) is 3.43. The van der Waals surface area contributed by atoms with Gasteiger partial charge < -0.3 is 10.1 Å². The zero-order valence-corrected chi connectivity index (χ0v) is 10.9. The normalized spacial score (nSPS) is 22.9. The quantitative estimate of drug-likeness (QED) is 0.764. The van der Waals surface area contributed by atoms with Gasteiger partial charge in [0.15, 0.2) is 0 Å². The highest BCUT2D eigenvalue weighted by Gasteiger charge is 2.13. The van der Waals surface area contributed by atoms with Gasteiger partial charge in [0.1, 0.15) is 0 Å².